The van der Waals surface area contributed by atoms with E-state index < -0.39 is 0 Å². The first-order valence-corrected chi connectivity index (χ1v) is 7.19. The molecule has 0 spiro atoms. The molecule has 18 heavy (non-hydrogen) atoms. The van der Waals surface area contributed by atoms with Gasteiger partial charge in [-0.3, -0.25) is 0 Å². The van der Waals surface area contributed by atoms with Gasteiger partial charge in [-0.25, -0.2) is 0 Å². The lowest BCUT2D eigenvalue weighted by atomic mass is 10.1. The first-order valence-electron chi connectivity index (χ1n) is 7.19. The molecule has 0 aromatic heterocycles. The van der Waals surface area contributed by atoms with Gasteiger partial charge in [-0.1, -0.05) is 18.9 Å². The second-order valence-corrected chi connectivity index (χ2v) is 5.90. The van der Waals surface area contributed by atoms with Crippen LogP contribution in [0.1, 0.15) is 49.8 Å². The third-order valence-corrected chi connectivity index (χ3v) is 4.30. The molecule has 0 bridgehead atoms. The van der Waals surface area contributed by atoms with E-state index in [1.807, 2.05) is 0 Å². The monoisotopic (exact) mass is 245 g/mol. The smallest absolute Gasteiger partial charge is 0.119 e. The van der Waals surface area contributed by atoms with E-state index in [4.69, 9.17) is 4.74 Å². The van der Waals surface area contributed by atoms with Crippen molar-refractivity contribution in [3.63, 3.8) is 0 Å². The highest BCUT2D eigenvalue weighted by Crippen LogP contribution is 2.36. The molecule has 1 N–H and O–H groups in total. The maximum atomic E-state index is 5.34. The Balaban J connectivity index is 1.68. The molecule has 2 atom stereocenters. The maximum Gasteiger partial charge on any atom is 0.119 e. The van der Waals surface area contributed by atoms with Gasteiger partial charge in [0.1, 0.15) is 5.75 Å². The van der Waals surface area contributed by atoms with Gasteiger partial charge in [0.15, 0.2) is 0 Å². The van der Waals surface area contributed by atoms with Crippen molar-refractivity contribution in [1.82, 2.24) is 5.32 Å². The predicted molar refractivity (Wildman–Crippen MR) is 74.0 cm³/mol. The zero-order valence-electron chi connectivity index (χ0n) is 11.4. The van der Waals surface area contributed by atoms with Crippen LogP contribution in [0.15, 0.2) is 18.2 Å². The second-order valence-electron chi connectivity index (χ2n) is 5.90. The van der Waals surface area contributed by atoms with Crippen LogP contribution in [0.5, 0.6) is 5.75 Å². The number of methoxy groups -OCH3 is 1. The fourth-order valence-corrected chi connectivity index (χ4v) is 3.15. The third-order valence-electron chi connectivity index (χ3n) is 4.30. The number of benzene rings is 1. The molecule has 0 heterocycles. The molecule has 2 aliphatic carbocycles. The van der Waals surface area contributed by atoms with E-state index in [0.29, 0.717) is 12.1 Å². The number of fused-ring (bicyclic) bond motifs is 1. The van der Waals surface area contributed by atoms with E-state index in [0.717, 1.165) is 11.7 Å². The first kappa shape index (κ1) is 12.0. The number of ether oxygens (including phenoxy) is 1. The molecular formula is C16H23NO. The number of hydrogen-bond acceptors (Lipinski definition) is 2. The van der Waals surface area contributed by atoms with Crippen LogP contribution >= 0.6 is 0 Å². The SMILES string of the molecule is COc1ccc2c(c1)C(NC(C)CC1CC1)CC2. The zero-order valence-corrected chi connectivity index (χ0v) is 11.4. The fraction of sp³-hybridized carbons (Fsp3) is 0.625. The maximum absolute atomic E-state index is 5.34. The molecule has 1 aromatic carbocycles. The lowest BCUT2D eigenvalue weighted by molar-refractivity contribution is 0.407. The number of rotatable bonds is 5. The van der Waals surface area contributed by atoms with Crippen LogP contribution in [-0.4, -0.2) is 13.2 Å². The molecule has 0 amide bonds. The van der Waals surface area contributed by atoms with Gasteiger partial charge in [0.2, 0.25) is 0 Å². The molecule has 0 aliphatic heterocycles. The average Bonchev–Trinajstić information content (AvgIpc) is 3.10. The molecule has 2 unspecified atom stereocenters. The van der Waals surface area contributed by atoms with Gasteiger partial charge in [-0.05, 0) is 55.4 Å². The van der Waals surface area contributed by atoms with Gasteiger partial charge in [0.05, 0.1) is 7.11 Å². The Kier molecular flexibility index (Phi) is 3.29. The highest BCUT2D eigenvalue weighted by molar-refractivity contribution is 5.40. The van der Waals surface area contributed by atoms with Gasteiger partial charge in [-0.15, -0.1) is 0 Å². The summed E-state index contributed by atoms with van der Waals surface area (Å²) in [7, 11) is 1.74. The summed E-state index contributed by atoms with van der Waals surface area (Å²) in [4.78, 5) is 0. The van der Waals surface area contributed by atoms with Crippen LogP contribution in [0.2, 0.25) is 0 Å². The standard InChI is InChI=1S/C16H23NO/c1-11(9-12-3-4-12)17-16-8-6-13-5-7-14(18-2)10-15(13)16/h5,7,10-12,16-17H,3-4,6,8-9H2,1-2H3. The largest absolute Gasteiger partial charge is 0.497 e. The summed E-state index contributed by atoms with van der Waals surface area (Å²) in [6.07, 6.45) is 6.67. The molecule has 2 nitrogen and oxygen atoms in total. The van der Waals surface area contributed by atoms with Crippen molar-refractivity contribution in [2.24, 2.45) is 5.92 Å². The summed E-state index contributed by atoms with van der Waals surface area (Å²) in [5, 5.41) is 3.80. The zero-order chi connectivity index (χ0) is 12.5. The van der Waals surface area contributed by atoms with E-state index in [2.05, 4.69) is 30.4 Å². The fourth-order valence-electron chi connectivity index (χ4n) is 3.15. The van der Waals surface area contributed by atoms with Crippen molar-refractivity contribution < 1.29 is 4.74 Å². The third kappa shape index (κ3) is 2.54. The van der Waals surface area contributed by atoms with Crippen molar-refractivity contribution in [2.45, 2.75) is 51.1 Å². The van der Waals surface area contributed by atoms with Crippen molar-refractivity contribution in [2.75, 3.05) is 7.11 Å². The van der Waals surface area contributed by atoms with Gasteiger partial charge in [-0.2, -0.15) is 0 Å². The van der Waals surface area contributed by atoms with Gasteiger partial charge < -0.3 is 10.1 Å². The lowest BCUT2D eigenvalue weighted by Crippen LogP contribution is -2.29. The molecule has 1 saturated carbocycles. The second kappa shape index (κ2) is 4.93. The summed E-state index contributed by atoms with van der Waals surface area (Å²) in [6.45, 7) is 2.33. The van der Waals surface area contributed by atoms with E-state index in [1.54, 1.807) is 7.11 Å². The van der Waals surface area contributed by atoms with Crippen LogP contribution in [-0.2, 0) is 6.42 Å². The van der Waals surface area contributed by atoms with Crippen LogP contribution in [0.4, 0.5) is 0 Å². The minimum Gasteiger partial charge on any atom is -0.497 e. The van der Waals surface area contributed by atoms with Crippen molar-refractivity contribution in [3.05, 3.63) is 29.3 Å². The number of aryl methyl sites for hydroxylation is 1. The van der Waals surface area contributed by atoms with Crippen molar-refractivity contribution in [3.8, 4) is 5.75 Å². The number of hydrogen-bond donors (Lipinski definition) is 1. The predicted octanol–water partition coefficient (Wildman–Crippen LogP) is 3.46. The van der Waals surface area contributed by atoms with Crippen LogP contribution in [0.25, 0.3) is 0 Å². The van der Waals surface area contributed by atoms with Gasteiger partial charge >= 0.3 is 0 Å². The quantitative estimate of drug-likeness (QED) is 0.857. The average molecular weight is 245 g/mol. The topological polar surface area (TPSA) is 21.3 Å². The molecule has 1 aromatic rings. The van der Waals surface area contributed by atoms with E-state index >= 15 is 0 Å². The normalized spacial score (nSPS) is 23.8. The minimum absolute atomic E-state index is 0.531. The summed E-state index contributed by atoms with van der Waals surface area (Å²) < 4.78 is 5.34. The summed E-state index contributed by atoms with van der Waals surface area (Å²) in [5.41, 5.74) is 2.95. The lowest BCUT2D eigenvalue weighted by Gasteiger charge is -2.20. The molecular weight excluding hydrogens is 222 g/mol. The Morgan fingerprint density at radius 2 is 2.17 bits per heavy atom. The summed E-state index contributed by atoms with van der Waals surface area (Å²) in [6, 6.07) is 7.68. The van der Waals surface area contributed by atoms with Crippen molar-refractivity contribution >= 4 is 0 Å². The Labute approximate surface area is 110 Å². The summed E-state index contributed by atoms with van der Waals surface area (Å²) >= 11 is 0. The highest BCUT2D eigenvalue weighted by atomic mass is 16.5. The molecule has 2 aliphatic rings. The van der Waals surface area contributed by atoms with Crippen LogP contribution < -0.4 is 10.1 Å². The Hall–Kier alpha value is -1.02. The number of nitrogens with one attached hydrogen (secondary N) is 1. The van der Waals surface area contributed by atoms with Crippen molar-refractivity contribution in [1.29, 1.82) is 0 Å². The first-order chi connectivity index (χ1) is 8.76. The summed E-state index contributed by atoms with van der Waals surface area (Å²) in [5.74, 6) is 1.98. The molecule has 98 valence electrons. The van der Waals surface area contributed by atoms with Crippen LogP contribution in [0, 0.1) is 5.92 Å². The van der Waals surface area contributed by atoms with Gasteiger partial charge in [0.25, 0.3) is 0 Å². The van der Waals surface area contributed by atoms with E-state index in [-0.39, 0.29) is 0 Å². The Bertz CT molecular complexity index is 425. The molecule has 0 saturated heterocycles. The highest BCUT2D eigenvalue weighted by Gasteiger charge is 2.27. The van der Waals surface area contributed by atoms with E-state index in [1.165, 1.54) is 43.2 Å². The Morgan fingerprint density at radius 1 is 1.33 bits per heavy atom. The molecule has 1 fully saturated rings. The molecule has 3 rings (SSSR count). The Morgan fingerprint density at radius 3 is 2.89 bits per heavy atom. The molecule has 2 heteroatoms. The minimum atomic E-state index is 0.531. The molecule has 0 radical (unpaired) electrons. The van der Waals surface area contributed by atoms with E-state index in [9.17, 15) is 0 Å². The van der Waals surface area contributed by atoms with Crippen LogP contribution in [0.3, 0.4) is 0 Å². The van der Waals surface area contributed by atoms with Gasteiger partial charge in [0, 0.05) is 12.1 Å².